The second-order valence-electron chi connectivity index (χ2n) is 8.21. The van der Waals surface area contributed by atoms with E-state index in [-0.39, 0.29) is 24.3 Å². The highest BCUT2D eigenvalue weighted by Crippen LogP contribution is 2.17. The lowest BCUT2D eigenvalue weighted by Gasteiger charge is -2.11. The summed E-state index contributed by atoms with van der Waals surface area (Å²) >= 11 is 0. The molecule has 0 aliphatic carbocycles. The molecule has 0 saturated heterocycles. The van der Waals surface area contributed by atoms with E-state index >= 15 is 0 Å². The molecule has 2 aromatic carbocycles. The van der Waals surface area contributed by atoms with Crippen LogP contribution in [0.2, 0.25) is 0 Å². The van der Waals surface area contributed by atoms with Crippen molar-refractivity contribution in [3.8, 4) is 0 Å². The van der Waals surface area contributed by atoms with E-state index in [1.54, 1.807) is 36.4 Å². The maximum Gasteiger partial charge on any atom is 0.243 e. The van der Waals surface area contributed by atoms with Crippen molar-refractivity contribution in [2.75, 3.05) is 27.8 Å². The van der Waals surface area contributed by atoms with E-state index in [0.717, 1.165) is 30.6 Å². The van der Waals surface area contributed by atoms with Crippen LogP contribution in [0.15, 0.2) is 48.5 Å². The molecule has 32 heavy (non-hydrogen) atoms. The molecule has 0 aliphatic heterocycles. The van der Waals surface area contributed by atoms with E-state index in [0.29, 0.717) is 30.1 Å². The zero-order valence-electron chi connectivity index (χ0n) is 19.2. The number of carbonyl (C=O) groups is 3. The number of rotatable bonds is 12. The third kappa shape index (κ3) is 9.64. The highest BCUT2D eigenvalue weighted by Gasteiger charge is 2.07. The number of hydrogen-bond acceptors (Lipinski definition) is 4. The molecular formula is C25H34N4O3. The summed E-state index contributed by atoms with van der Waals surface area (Å²) in [6.45, 7) is 6.19. The molecule has 0 radical (unpaired) electrons. The summed E-state index contributed by atoms with van der Waals surface area (Å²) in [4.78, 5) is 36.1. The summed E-state index contributed by atoms with van der Waals surface area (Å²) < 4.78 is 0. The minimum Gasteiger partial charge on any atom is -0.376 e. The van der Waals surface area contributed by atoms with Gasteiger partial charge in [0.05, 0.1) is 6.54 Å². The normalized spacial score (nSPS) is 10.5. The van der Waals surface area contributed by atoms with Gasteiger partial charge in [-0.05, 0) is 54.8 Å². The first-order chi connectivity index (χ1) is 15.4. The van der Waals surface area contributed by atoms with Crippen LogP contribution in [0.25, 0.3) is 0 Å². The Morgan fingerprint density at radius 2 is 1.34 bits per heavy atom. The molecule has 0 fully saturated rings. The Morgan fingerprint density at radius 3 is 1.97 bits per heavy atom. The smallest absolute Gasteiger partial charge is 0.243 e. The molecule has 172 valence electrons. The van der Waals surface area contributed by atoms with Gasteiger partial charge in [-0.15, -0.1) is 0 Å². The van der Waals surface area contributed by atoms with Crippen LogP contribution in [0, 0.1) is 5.92 Å². The van der Waals surface area contributed by atoms with E-state index in [1.165, 1.54) is 0 Å². The number of nitrogens with one attached hydrogen (secondary N) is 4. The second-order valence-corrected chi connectivity index (χ2v) is 8.21. The van der Waals surface area contributed by atoms with Crippen LogP contribution in [-0.4, -0.2) is 24.3 Å². The fourth-order valence-corrected chi connectivity index (χ4v) is 3.08. The van der Waals surface area contributed by atoms with Gasteiger partial charge in [-0.3, -0.25) is 14.4 Å². The van der Waals surface area contributed by atoms with Crippen LogP contribution in [0.1, 0.15) is 52.9 Å². The Labute approximate surface area is 190 Å². The van der Waals surface area contributed by atoms with Gasteiger partial charge in [-0.2, -0.15) is 0 Å². The molecule has 7 nitrogen and oxygen atoms in total. The van der Waals surface area contributed by atoms with Crippen LogP contribution in [0.5, 0.6) is 0 Å². The highest BCUT2D eigenvalue weighted by atomic mass is 16.2. The number of carbonyl (C=O) groups excluding carboxylic acids is 3. The van der Waals surface area contributed by atoms with E-state index < -0.39 is 0 Å². The highest BCUT2D eigenvalue weighted by molar-refractivity contribution is 5.96. The molecule has 0 spiro atoms. The van der Waals surface area contributed by atoms with Gasteiger partial charge in [0.15, 0.2) is 0 Å². The number of benzene rings is 2. The van der Waals surface area contributed by atoms with Crippen LogP contribution >= 0.6 is 0 Å². The molecule has 0 unspecified atom stereocenters. The van der Waals surface area contributed by atoms with Gasteiger partial charge in [0.1, 0.15) is 0 Å². The lowest BCUT2D eigenvalue weighted by Crippen LogP contribution is -2.22. The van der Waals surface area contributed by atoms with Crippen molar-refractivity contribution >= 4 is 40.5 Å². The molecule has 0 bridgehead atoms. The van der Waals surface area contributed by atoms with E-state index in [2.05, 4.69) is 28.2 Å². The zero-order chi connectivity index (χ0) is 23.3. The molecule has 0 heterocycles. The minimum atomic E-state index is -0.203. The van der Waals surface area contributed by atoms with Gasteiger partial charge in [0.2, 0.25) is 17.7 Å². The van der Waals surface area contributed by atoms with E-state index in [1.807, 2.05) is 26.0 Å². The first-order valence-corrected chi connectivity index (χ1v) is 11.2. The molecule has 0 atom stereocenters. The van der Waals surface area contributed by atoms with Crippen LogP contribution in [0.4, 0.5) is 22.7 Å². The molecule has 0 aromatic heterocycles. The van der Waals surface area contributed by atoms with Gasteiger partial charge < -0.3 is 21.3 Å². The van der Waals surface area contributed by atoms with Gasteiger partial charge in [0, 0.05) is 35.6 Å². The number of unbranched alkanes of at least 4 members (excludes halogenated alkanes) is 2. The molecule has 7 heteroatoms. The molecule has 0 saturated carbocycles. The van der Waals surface area contributed by atoms with Crippen molar-refractivity contribution in [3.05, 3.63) is 48.5 Å². The average Bonchev–Trinajstić information content (AvgIpc) is 2.73. The van der Waals surface area contributed by atoms with Crippen molar-refractivity contribution in [1.29, 1.82) is 0 Å². The maximum absolute atomic E-state index is 12.3. The third-order valence-corrected chi connectivity index (χ3v) is 4.65. The van der Waals surface area contributed by atoms with Gasteiger partial charge >= 0.3 is 0 Å². The Morgan fingerprint density at radius 1 is 0.750 bits per heavy atom. The summed E-state index contributed by atoms with van der Waals surface area (Å²) in [6, 6.07) is 14.3. The zero-order valence-corrected chi connectivity index (χ0v) is 19.2. The summed E-state index contributed by atoms with van der Waals surface area (Å²) in [5.74, 6) is 0.0647. The van der Waals surface area contributed by atoms with Crippen molar-refractivity contribution in [2.24, 2.45) is 5.92 Å². The van der Waals surface area contributed by atoms with Crippen LogP contribution < -0.4 is 21.3 Å². The predicted molar refractivity (Wildman–Crippen MR) is 131 cm³/mol. The van der Waals surface area contributed by atoms with Crippen molar-refractivity contribution in [2.45, 2.75) is 52.9 Å². The van der Waals surface area contributed by atoms with Gasteiger partial charge in [-0.25, -0.2) is 0 Å². The summed E-state index contributed by atoms with van der Waals surface area (Å²) in [5, 5.41) is 11.6. The third-order valence-electron chi connectivity index (χ3n) is 4.65. The average molecular weight is 439 g/mol. The van der Waals surface area contributed by atoms with Gasteiger partial charge in [0.25, 0.3) is 0 Å². The van der Waals surface area contributed by atoms with Crippen LogP contribution in [0.3, 0.4) is 0 Å². The van der Waals surface area contributed by atoms with E-state index in [4.69, 9.17) is 0 Å². The van der Waals surface area contributed by atoms with Crippen molar-refractivity contribution in [1.82, 2.24) is 0 Å². The van der Waals surface area contributed by atoms with E-state index in [9.17, 15) is 14.4 Å². The van der Waals surface area contributed by atoms with Crippen LogP contribution in [-0.2, 0) is 14.4 Å². The van der Waals surface area contributed by atoms with Crippen molar-refractivity contribution in [3.63, 3.8) is 0 Å². The quantitative estimate of drug-likeness (QED) is 0.341. The molecule has 0 aliphatic rings. The summed E-state index contributed by atoms with van der Waals surface area (Å²) in [6.07, 6.45) is 3.95. The monoisotopic (exact) mass is 438 g/mol. The predicted octanol–water partition coefficient (Wildman–Crippen LogP) is 5.24. The number of anilines is 4. The first-order valence-electron chi connectivity index (χ1n) is 11.2. The minimum absolute atomic E-state index is 0.0144. The topological polar surface area (TPSA) is 99.3 Å². The second kappa shape index (κ2) is 13.1. The fourth-order valence-electron chi connectivity index (χ4n) is 3.08. The maximum atomic E-state index is 12.3. The molecule has 3 amide bonds. The Kier molecular flexibility index (Phi) is 10.2. The summed E-state index contributed by atoms with van der Waals surface area (Å²) in [5.41, 5.74) is 2.77. The molecule has 2 aromatic rings. The standard InChI is InChI=1S/C25H34N4O3/c1-4-5-6-10-23(30)28-21-8-7-9-22(16-21)29-25(32)17-26-19-11-13-20(14-12-19)27-24(31)15-18(2)3/h7-9,11-14,16,18,26H,4-6,10,15,17H2,1-3H3,(H,27,31)(H,28,30)(H,29,32). The lowest BCUT2D eigenvalue weighted by atomic mass is 10.1. The SMILES string of the molecule is CCCCCC(=O)Nc1cccc(NC(=O)CNc2ccc(NC(=O)CC(C)C)cc2)c1. The van der Waals surface area contributed by atoms with Gasteiger partial charge in [-0.1, -0.05) is 39.7 Å². The molecule has 2 rings (SSSR count). The Bertz CT molecular complexity index is 894. The first kappa shape index (κ1) is 24.9. The largest absolute Gasteiger partial charge is 0.376 e. The number of hydrogen-bond donors (Lipinski definition) is 4. The summed E-state index contributed by atoms with van der Waals surface area (Å²) in [7, 11) is 0. The van der Waals surface area contributed by atoms with Crippen molar-refractivity contribution < 1.29 is 14.4 Å². The molecule has 4 N–H and O–H groups in total. The molecular weight excluding hydrogens is 404 g/mol. The Hall–Kier alpha value is -3.35. The fraction of sp³-hybridized carbons (Fsp3) is 0.400. The lowest BCUT2D eigenvalue weighted by molar-refractivity contribution is -0.117. The Balaban J connectivity index is 1.79. The number of amides is 3.